The van der Waals surface area contributed by atoms with Gasteiger partial charge in [-0.3, -0.25) is 9.69 Å². The van der Waals surface area contributed by atoms with E-state index >= 15 is 0 Å². The summed E-state index contributed by atoms with van der Waals surface area (Å²) in [5.74, 6) is 0.903. The van der Waals surface area contributed by atoms with E-state index in [4.69, 9.17) is 4.74 Å². The average Bonchev–Trinajstić information content (AvgIpc) is 2.16. The number of nitrogens with zero attached hydrogens (tertiary/aromatic N) is 1. The number of fused-ring (bicyclic) bond motifs is 2. The van der Waals surface area contributed by atoms with E-state index in [0.29, 0.717) is 17.9 Å². The Labute approximate surface area is 91.8 Å². The van der Waals surface area contributed by atoms with E-state index in [1.54, 1.807) is 0 Å². The first kappa shape index (κ1) is 11.1. The van der Waals surface area contributed by atoms with Crippen LogP contribution in [0.5, 0.6) is 0 Å². The van der Waals surface area contributed by atoms with E-state index in [1.165, 1.54) is 0 Å². The van der Waals surface area contributed by atoms with E-state index in [0.717, 1.165) is 26.1 Å². The third-order valence-electron chi connectivity index (χ3n) is 3.86. The Hall–Kier alpha value is -0.410. The molecule has 3 nitrogen and oxygen atoms in total. The summed E-state index contributed by atoms with van der Waals surface area (Å²) >= 11 is 0. The van der Waals surface area contributed by atoms with E-state index in [2.05, 4.69) is 11.9 Å². The first-order valence-electron chi connectivity index (χ1n) is 5.93. The van der Waals surface area contributed by atoms with Gasteiger partial charge in [-0.25, -0.2) is 0 Å². The number of likely N-dealkylation sites (N-methyl/N-ethyl adjacent to an activating group) is 1. The summed E-state index contributed by atoms with van der Waals surface area (Å²) in [4.78, 5) is 14.4. The standard InChI is InChI=1S/C12H21NO2/c1-8(2)12(14)9-4-10-6-15-7-11(5-9)13(10)3/h8-11H,4-7H2,1-3H3. The molecule has 0 aromatic heterocycles. The molecule has 2 rings (SSSR count). The van der Waals surface area contributed by atoms with Gasteiger partial charge in [-0.15, -0.1) is 0 Å². The van der Waals surface area contributed by atoms with Crippen molar-refractivity contribution in [3.05, 3.63) is 0 Å². The van der Waals surface area contributed by atoms with Gasteiger partial charge in [0.15, 0.2) is 0 Å². The Morgan fingerprint density at radius 3 is 2.27 bits per heavy atom. The van der Waals surface area contributed by atoms with Crippen LogP contribution in [0.1, 0.15) is 26.7 Å². The van der Waals surface area contributed by atoms with E-state index in [9.17, 15) is 4.79 Å². The van der Waals surface area contributed by atoms with Gasteiger partial charge in [0, 0.05) is 23.9 Å². The molecule has 0 spiro atoms. The molecule has 2 fully saturated rings. The van der Waals surface area contributed by atoms with Crippen LogP contribution in [0.25, 0.3) is 0 Å². The Bertz CT molecular complexity index is 238. The summed E-state index contributed by atoms with van der Waals surface area (Å²) in [6.07, 6.45) is 1.98. The van der Waals surface area contributed by atoms with Gasteiger partial charge in [-0.2, -0.15) is 0 Å². The highest BCUT2D eigenvalue weighted by Crippen LogP contribution is 2.31. The summed E-state index contributed by atoms with van der Waals surface area (Å²) in [7, 11) is 2.16. The molecule has 86 valence electrons. The highest BCUT2D eigenvalue weighted by molar-refractivity contribution is 5.83. The zero-order chi connectivity index (χ0) is 11.0. The van der Waals surface area contributed by atoms with Crippen molar-refractivity contribution in [1.29, 1.82) is 0 Å². The van der Waals surface area contributed by atoms with Gasteiger partial charge in [-0.1, -0.05) is 13.8 Å². The number of morpholine rings is 1. The van der Waals surface area contributed by atoms with Gasteiger partial charge in [0.05, 0.1) is 13.2 Å². The monoisotopic (exact) mass is 211 g/mol. The third kappa shape index (κ3) is 2.08. The Morgan fingerprint density at radius 2 is 1.80 bits per heavy atom. The largest absolute Gasteiger partial charge is 0.378 e. The smallest absolute Gasteiger partial charge is 0.138 e. The fourth-order valence-corrected chi connectivity index (χ4v) is 2.80. The molecule has 2 heterocycles. The minimum atomic E-state index is 0.181. The highest BCUT2D eigenvalue weighted by Gasteiger charge is 2.39. The lowest BCUT2D eigenvalue weighted by Crippen LogP contribution is -2.56. The second-order valence-corrected chi connectivity index (χ2v) is 5.24. The van der Waals surface area contributed by atoms with Crippen LogP contribution < -0.4 is 0 Å². The number of piperidine rings is 1. The zero-order valence-corrected chi connectivity index (χ0v) is 9.90. The van der Waals surface area contributed by atoms with E-state index in [1.807, 2.05) is 13.8 Å². The van der Waals surface area contributed by atoms with Crippen LogP contribution in [-0.4, -0.2) is 43.0 Å². The molecule has 0 aliphatic carbocycles. The lowest BCUT2D eigenvalue weighted by Gasteiger charge is -2.46. The number of Topliss-reactive ketones (excluding diaryl/α,β-unsaturated/α-hetero) is 1. The van der Waals surface area contributed by atoms with Gasteiger partial charge >= 0.3 is 0 Å². The Morgan fingerprint density at radius 1 is 1.27 bits per heavy atom. The summed E-state index contributed by atoms with van der Waals surface area (Å²) < 4.78 is 5.54. The van der Waals surface area contributed by atoms with Crippen LogP contribution in [0.3, 0.4) is 0 Å². The molecule has 2 unspecified atom stereocenters. The minimum Gasteiger partial charge on any atom is -0.378 e. The van der Waals surface area contributed by atoms with Gasteiger partial charge in [-0.05, 0) is 19.9 Å². The molecule has 0 aromatic rings. The van der Waals surface area contributed by atoms with Crippen molar-refractivity contribution >= 4 is 5.78 Å². The maximum Gasteiger partial charge on any atom is 0.138 e. The Balaban J connectivity index is 2.04. The second kappa shape index (κ2) is 4.22. The quantitative estimate of drug-likeness (QED) is 0.690. The minimum absolute atomic E-state index is 0.181. The first-order chi connectivity index (χ1) is 7.09. The summed E-state index contributed by atoms with van der Waals surface area (Å²) in [5.41, 5.74) is 0. The molecule has 15 heavy (non-hydrogen) atoms. The molecule has 0 saturated carbocycles. The summed E-state index contributed by atoms with van der Waals surface area (Å²) in [5, 5.41) is 0. The number of ether oxygens (including phenoxy) is 1. The normalized spacial score (nSPS) is 36.9. The molecule has 2 atom stereocenters. The van der Waals surface area contributed by atoms with Crippen molar-refractivity contribution < 1.29 is 9.53 Å². The van der Waals surface area contributed by atoms with Gasteiger partial charge < -0.3 is 4.74 Å². The molecule has 0 radical (unpaired) electrons. The molecule has 3 heteroatoms. The predicted octanol–water partition coefficient (Wildman–Crippen LogP) is 1.32. The lowest BCUT2D eigenvalue weighted by atomic mass is 9.80. The molecule has 2 saturated heterocycles. The SMILES string of the molecule is CC(C)C(=O)C1CC2COCC(C1)N2C. The second-order valence-electron chi connectivity index (χ2n) is 5.24. The lowest BCUT2D eigenvalue weighted by molar-refractivity contribution is -0.133. The van der Waals surface area contributed by atoms with Gasteiger partial charge in [0.2, 0.25) is 0 Å². The molecule has 2 aliphatic heterocycles. The summed E-state index contributed by atoms with van der Waals surface area (Å²) in [6, 6.07) is 0.926. The van der Waals surface area contributed by atoms with E-state index in [-0.39, 0.29) is 11.8 Å². The average molecular weight is 211 g/mol. The first-order valence-corrected chi connectivity index (χ1v) is 5.93. The zero-order valence-electron chi connectivity index (χ0n) is 9.90. The molecule has 2 aliphatic rings. The van der Waals surface area contributed by atoms with Crippen molar-refractivity contribution in [2.75, 3.05) is 20.3 Å². The summed E-state index contributed by atoms with van der Waals surface area (Å²) in [6.45, 7) is 5.61. The van der Waals surface area contributed by atoms with Crippen LogP contribution in [0.15, 0.2) is 0 Å². The molecule has 0 amide bonds. The topological polar surface area (TPSA) is 29.5 Å². The third-order valence-corrected chi connectivity index (χ3v) is 3.86. The molecule has 2 bridgehead atoms. The van der Waals surface area contributed by atoms with Crippen LogP contribution in [0.2, 0.25) is 0 Å². The maximum atomic E-state index is 12.0. The molecule has 0 aromatic carbocycles. The fraction of sp³-hybridized carbons (Fsp3) is 0.917. The number of ketones is 1. The number of hydrogen-bond acceptors (Lipinski definition) is 3. The van der Waals surface area contributed by atoms with Crippen LogP contribution >= 0.6 is 0 Å². The van der Waals surface area contributed by atoms with Gasteiger partial charge in [0.25, 0.3) is 0 Å². The number of rotatable bonds is 2. The van der Waals surface area contributed by atoms with Crippen molar-refractivity contribution in [3.8, 4) is 0 Å². The van der Waals surface area contributed by atoms with Crippen molar-refractivity contribution in [2.45, 2.75) is 38.8 Å². The highest BCUT2D eigenvalue weighted by atomic mass is 16.5. The Kier molecular flexibility index (Phi) is 3.12. The van der Waals surface area contributed by atoms with Crippen LogP contribution in [0.4, 0.5) is 0 Å². The van der Waals surface area contributed by atoms with Crippen molar-refractivity contribution in [2.24, 2.45) is 11.8 Å². The number of hydrogen-bond donors (Lipinski definition) is 0. The molecular formula is C12H21NO2. The fourth-order valence-electron chi connectivity index (χ4n) is 2.80. The van der Waals surface area contributed by atoms with Gasteiger partial charge in [0.1, 0.15) is 5.78 Å². The van der Waals surface area contributed by atoms with Crippen molar-refractivity contribution in [3.63, 3.8) is 0 Å². The molecular weight excluding hydrogens is 190 g/mol. The number of carbonyl (C=O) groups is 1. The predicted molar refractivity (Wildman–Crippen MR) is 58.7 cm³/mol. The maximum absolute atomic E-state index is 12.0. The molecule has 0 N–H and O–H groups in total. The van der Waals surface area contributed by atoms with Crippen LogP contribution in [-0.2, 0) is 9.53 Å². The van der Waals surface area contributed by atoms with Crippen molar-refractivity contribution in [1.82, 2.24) is 4.90 Å². The van der Waals surface area contributed by atoms with Crippen LogP contribution in [0, 0.1) is 11.8 Å². The number of carbonyl (C=O) groups excluding carboxylic acids is 1. The van der Waals surface area contributed by atoms with E-state index < -0.39 is 0 Å².